The van der Waals surface area contributed by atoms with Crippen LogP contribution in [0.1, 0.15) is 50.7 Å². The zero-order chi connectivity index (χ0) is 13.4. The molecule has 0 radical (unpaired) electrons. The van der Waals surface area contributed by atoms with E-state index in [9.17, 15) is 0 Å². The van der Waals surface area contributed by atoms with Crippen LogP contribution >= 0.6 is 0 Å². The first-order valence-corrected chi connectivity index (χ1v) is 7.06. The molecule has 0 spiro atoms. The first kappa shape index (κ1) is 14.9. The van der Waals surface area contributed by atoms with E-state index in [1.807, 2.05) is 0 Å². The standard InChI is InChI=1S/C16H26O2/c1-5-7-11-17-15-13(3)9-10-14(4)16(15)18-12-8-6-2/h9-10H,5-8,11-12H2,1-4H3. The molecule has 0 aliphatic carbocycles. The van der Waals surface area contributed by atoms with Crippen molar-refractivity contribution in [3.8, 4) is 11.5 Å². The van der Waals surface area contributed by atoms with E-state index in [0.717, 1.165) is 61.5 Å². The van der Waals surface area contributed by atoms with E-state index in [1.165, 1.54) is 0 Å². The lowest BCUT2D eigenvalue weighted by molar-refractivity contribution is 0.259. The molecule has 1 aromatic rings. The molecule has 0 unspecified atom stereocenters. The highest BCUT2D eigenvalue weighted by Crippen LogP contribution is 2.34. The van der Waals surface area contributed by atoms with Crippen molar-refractivity contribution in [3.63, 3.8) is 0 Å². The number of rotatable bonds is 8. The molecule has 0 saturated heterocycles. The average Bonchev–Trinajstić information content (AvgIpc) is 2.36. The minimum atomic E-state index is 0.769. The quantitative estimate of drug-likeness (QED) is 0.625. The Morgan fingerprint density at radius 1 is 0.778 bits per heavy atom. The van der Waals surface area contributed by atoms with Crippen molar-refractivity contribution in [1.82, 2.24) is 0 Å². The maximum Gasteiger partial charge on any atom is 0.164 e. The second-order valence-corrected chi connectivity index (χ2v) is 4.76. The zero-order valence-corrected chi connectivity index (χ0v) is 12.2. The van der Waals surface area contributed by atoms with Crippen molar-refractivity contribution in [2.75, 3.05) is 13.2 Å². The van der Waals surface area contributed by atoms with Crippen LogP contribution in [0.25, 0.3) is 0 Å². The van der Waals surface area contributed by atoms with E-state index in [-0.39, 0.29) is 0 Å². The van der Waals surface area contributed by atoms with Crippen LogP contribution in [0.3, 0.4) is 0 Å². The number of ether oxygens (including phenoxy) is 2. The van der Waals surface area contributed by atoms with Crippen molar-refractivity contribution in [3.05, 3.63) is 23.3 Å². The third kappa shape index (κ3) is 4.25. The minimum Gasteiger partial charge on any atom is -0.489 e. The van der Waals surface area contributed by atoms with E-state index in [1.54, 1.807) is 0 Å². The Balaban J connectivity index is 2.79. The Morgan fingerprint density at radius 2 is 1.17 bits per heavy atom. The van der Waals surface area contributed by atoms with Crippen LogP contribution in [0.4, 0.5) is 0 Å². The lowest BCUT2D eigenvalue weighted by Gasteiger charge is -2.17. The average molecular weight is 250 g/mol. The van der Waals surface area contributed by atoms with Gasteiger partial charge in [-0.1, -0.05) is 38.8 Å². The fourth-order valence-corrected chi connectivity index (χ4v) is 1.76. The fraction of sp³-hybridized carbons (Fsp3) is 0.625. The molecule has 2 heteroatoms. The van der Waals surface area contributed by atoms with Gasteiger partial charge in [-0.15, -0.1) is 0 Å². The van der Waals surface area contributed by atoms with Gasteiger partial charge in [-0.05, 0) is 37.8 Å². The predicted molar refractivity (Wildman–Crippen MR) is 76.7 cm³/mol. The van der Waals surface area contributed by atoms with Gasteiger partial charge in [-0.25, -0.2) is 0 Å². The van der Waals surface area contributed by atoms with Crippen LogP contribution in [-0.4, -0.2) is 13.2 Å². The smallest absolute Gasteiger partial charge is 0.164 e. The molecular weight excluding hydrogens is 224 g/mol. The number of hydrogen-bond acceptors (Lipinski definition) is 2. The molecule has 1 rings (SSSR count). The Morgan fingerprint density at radius 3 is 1.50 bits per heavy atom. The van der Waals surface area contributed by atoms with E-state index in [0.29, 0.717) is 0 Å². The van der Waals surface area contributed by atoms with Crippen molar-refractivity contribution >= 4 is 0 Å². The normalized spacial score (nSPS) is 10.4. The molecule has 0 aliphatic heterocycles. The summed E-state index contributed by atoms with van der Waals surface area (Å²) in [5, 5.41) is 0. The zero-order valence-electron chi connectivity index (χ0n) is 12.2. The summed E-state index contributed by atoms with van der Waals surface area (Å²) < 4.78 is 11.8. The van der Waals surface area contributed by atoms with Crippen molar-refractivity contribution < 1.29 is 9.47 Å². The van der Waals surface area contributed by atoms with Gasteiger partial charge in [0.05, 0.1) is 13.2 Å². The maximum absolute atomic E-state index is 5.89. The van der Waals surface area contributed by atoms with Crippen LogP contribution in [0.5, 0.6) is 11.5 Å². The molecule has 0 saturated carbocycles. The van der Waals surface area contributed by atoms with Crippen molar-refractivity contribution in [1.29, 1.82) is 0 Å². The van der Waals surface area contributed by atoms with E-state index >= 15 is 0 Å². The summed E-state index contributed by atoms with van der Waals surface area (Å²) >= 11 is 0. The van der Waals surface area contributed by atoms with Crippen molar-refractivity contribution in [2.24, 2.45) is 0 Å². The third-order valence-electron chi connectivity index (χ3n) is 2.99. The van der Waals surface area contributed by atoms with Gasteiger partial charge >= 0.3 is 0 Å². The second kappa shape index (κ2) is 8.02. The Hall–Kier alpha value is -1.18. The van der Waals surface area contributed by atoms with Crippen LogP contribution in [-0.2, 0) is 0 Å². The van der Waals surface area contributed by atoms with Crippen LogP contribution in [0.2, 0.25) is 0 Å². The summed E-state index contributed by atoms with van der Waals surface area (Å²) in [6, 6.07) is 4.20. The summed E-state index contributed by atoms with van der Waals surface area (Å²) in [5.74, 6) is 1.86. The van der Waals surface area contributed by atoms with E-state index in [4.69, 9.17) is 9.47 Å². The van der Waals surface area contributed by atoms with E-state index in [2.05, 4.69) is 39.8 Å². The summed E-state index contributed by atoms with van der Waals surface area (Å²) in [6.07, 6.45) is 4.47. The Labute approximate surface area is 111 Å². The lowest BCUT2D eigenvalue weighted by atomic mass is 10.1. The van der Waals surface area contributed by atoms with Gasteiger partial charge in [-0.2, -0.15) is 0 Å². The number of benzene rings is 1. The summed E-state index contributed by atoms with van der Waals surface area (Å²) in [5.41, 5.74) is 2.31. The first-order chi connectivity index (χ1) is 8.70. The molecule has 0 heterocycles. The SMILES string of the molecule is CCCCOc1c(C)ccc(C)c1OCCCC. The molecule has 18 heavy (non-hydrogen) atoms. The molecule has 0 fully saturated rings. The predicted octanol–water partition coefficient (Wildman–Crippen LogP) is 4.66. The highest BCUT2D eigenvalue weighted by Gasteiger charge is 2.11. The number of aryl methyl sites for hydroxylation is 2. The summed E-state index contributed by atoms with van der Waals surface area (Å²) in [7, 11) is 0. The highest BCUT2D eigenvalue weighted by atomic mass is 16.5. The molecule has 0 bridgehead atoms. The maximum atomic E-state index is 5.89. The Kier molecular flexibility index (Phi) is 6.63. The minimum absolute atomic E-state index is 0.769. The molecule has 0 N–H and O–H groups in total. The molecule has 1 aromatic carbocycles. The molecule has 102 valence electrons. The summed E-state index contributed by atoms with van der Waals surface area (Å²) in [4.78, 5) is 0. The van der Waals surface area contributed by atoms with Crippen LogP contribution in [0, 0.1) is 13.8 Å². The molecule has 0 aromatic heterocycles. The monoisotopic (exact) mass is 250 g/mol. The summed E-state index contributed by atoms with van der Waals surface area (Å²) in [6.45, 7) is 10.0. The largest absolute Gasteiger partial charge is 0.489 e. The van der Waals surface area contributed by atoms with Crippen molar-refractivity contribution in [2.45, 2.75) is 53.4 Å². The third-order valence-corrected chi connectivity index (χ3v) is 2.99. The lowest BCUT2D eigenvalue weighted by Crippen LogP contribution is -2.05. The van der Waals surface area contributed by atoms with Gasteiger partial charge in [0.25, 0.3) is 0 Å². The van der Waals surface area contributed by atoms with Crippen LogP contribution < -0.4 is 9.47 Å². The fourth-order valence-electron chi connectivity index (χ4n) is 1.76. The molecule has 0 amide bonds. The van der Waals surface area contributed by atoms with Gasteiger partial charge < -0.3 is 9.47 Å². The number of hydrogen-bond donors (Lipinski definition) is 0. The van der Waals surface area contributed by atoms with Gasteiger partial charge in [0.2, 0.25) is 0 Å². The van der Waals surface area contributed by atoms with Gasteiger partial charge in [0.15, 0.2) is 11.5 Å². The topological polar surface area (TPSA) is 18.5 Å². The molecule has 0 aliphatic rings. The second-order valence-electron chi connectivity index (χ2n) is 4.76. The van der Waals surface area contributed by atoms with Gasteiger partial charge in [0.1, 0.15) is 0 Å². The highest BCUT2D eigenvalue weighted by molar-refractivity contribution is 5.51. The van der Waals surface area contributed by atoms with Crippen LogP contribution in [0.15, 0.2) is 12.1 Å². The molecule has 0 atom stereocenters. The first-order valence-electron chi connectivity index (χ1n) is 7.06. The number of unbranched alkanes of at least 4 members (excludes halogenated alkanes) is 2. The van der Waals surface area contributed by atoms with Gasteiger partial charge in [0, 0.05) is 0 Å². The van der Waals surface area contributed by atoms with Gasteiger partial charge in [-0.3, -0.25) is 0 Å². The molecular formula is C16H26O2. The van der Waals surface area contributed by atoms with E-state index < -0.39 is 0 Å². The molecule has 2 nitrogen and oxygen atoms in total. The Bertz CT molecular complexity index is 323.